The minimum atomic E-state index is -0.159. The number of carbonyl (C=O) groups excluding carboxylic acids is 1. The van der Waals surface area contributed by atoms with E-state index in [1.165, 1.54) is 0 Å². The molecule has 0 radical (unpaired) electrons. The zero-order valence-electron chi connectivity index (χ0n) is 20.7. The molecule has 3 aromatic rings. The second-order valence-electron chi connectivity index (χ2n) is 8.62. The lowest BCUT2D eigenvalue weighted by Crippen LogP contribution is -2.50. The second kappa shape index (κ2) is 12.6. The average Bonchev–Trinajstić information content (AvgIpc) is 2.91. The number of nitrogens with one attached hydrogen (secondary N) is 1. The van der Waals surface area contributed by atoms with Crippen LogP contribution in [0.15, 0.2) is 72.8 Å². The molecule has 1 unspecified atom stereocenters. The van der Waals surface area contributed by atoms with E-state index in [0.29, 0.717) is 42.7 Å². The van der Waals surface area contributed by atoms with E-state index >= 15 is 0 Å². The van der Waals surface area contributed by atoms with E-state index in [9.17, 15) is 4.79 Å². The van der Waals surface area contributed by atoms with Gasteiger partial charge >= 0.3 is 6.03 Å². The number of rotatable bonds is 9. The molecule has 1 fully saturated rings. The van der Waals surface area contributed by atoms with Crippen LogP contribution in [0.2, 0.25) is 5.02 Å². The highest BCUT2D eigenvalue weighted by atomic mass is 35.5. The number of benzene rings is 3. The minimum absolute atomic E-state index is 0.124. The summed E-state index contributed by atoms with van der Waals surface area (Å²) in [6.45, 7) is 3.90. The Morgan fingerprint density at radius 3 is 2.47 bits per heavy atom. The summed E-state index contributed by atoms with van der Waals surface area (Å²) in [6.07, 6.45) is -0.159. The molecule has 1 atom stereocenters. The molecule has 3 aromatic carbocycles. The fourth-order valence-electron chi connectivity index (χ4n) is 4.23. The Labute approximate surface area is 217 Å². The van der Waals surface area contributed by atoms with Gasteiger partial charge in [0.25, 0.3) is 0 Å². The predicted octanol–water partition coefficient (Wildman–Crippen LogP) is 5.46. The van der Waals surface area contributed by atoms with Gasteiger partial charge in [-0.25, -0.2) is 4.79 Å². The molecular weight excluding hydrogens is 478 g/mol. The maximum absolute atomic E-state index is 12.8. The molecule has 36 heavy (non-hydrogen) atoms. The van der Waals surface area contributed by atoms with Crippen LogP contribution in [0.5, 0.6) is 11.5 Å². The maximum atomic E-state index is 12.8. The Morgan fingerprint density at radius 2 is 1.72 bits per heavy atom. The standard InChI is InChI=1S/C28H32ClN3O4/c1-34-24-10-6-8-22(18-24)27(36-20-21-7-5-9-23(29)17-21)19-31-13-15-32(16-14-31)28(33)30-25-11-3-4-12-26(25)35-2/h3-12,17-18,27H,13-16,19-20H2,1-2H3,(H,30,33). The molecule has 4 rings (SSSR count). The van der Waals surface area contributed by atoms with E-state index < -0.39 is 0 Å². The first kappa shape index (κ1) is 25.8. The van der Waals surface area contributed by atoms with Gasteiger partial charge in [-0.05, 0) is 47.5 Å². The van der Waals surface area contributed by atoms with E-state index in [1.54, 1.807) is 14.2 Å². The smallest absolute Gasteiger partial charge is 0.322 e. The fourth-order valence-corrected chi connectivity index (χ4v) is 4.44. The van der Waals surface area contributed by atoms with Crippen molar-refractivity contribution in [3.05, 3.63) is 88.9 Å². The first-order chi connectivity index (χ1) is 17.6. The Morgan fingerprint density at radius 1 is 0.944 bits per heavy atom. The molecule has 7 nitrogen and oxygen atoms in total. The predicted molar refractivity (Wildman–Crippen MR) is 142 cm³/mol. The third kappa shape index (κ3) is 6.91. The van der Waals surface area contributed by atoms with Crippen molar-refractivity contribution in [1.29, 1.82) is 0 Å². The molecule has 1 saturated heterocycles. The Kier molecular flexibility index (Phi) is 9.06. The van der Waals surface area contributed by atoms with Crippen LogP contribution in [0.4, 0.5) is 10.5 Å². The van der Waals surface area contributed by atoms with E-state index in [1.807, 2.05) is 71.6 Å². The Bertz CT molecular complexity index is 1150. The summed E-state index contributed by atoms with van der Waals surface area (Å²) in [7, 11) is 3.26. The van der Waals surface area contributed by atoms with Crippen molar-refractivity contribution in [3.8, 4) is 11.5 Å². The van der Waals surface area contributed by atoms with Crippen LogP contribution in [0, 0.1) is 0 Å². The molecule has 0 aliphatic carbocycles. The van der Waals surface area contributed by atoms with E-state index in [2.05, 4.69) is 16.3 Å². The van der Waals surface area contributed by atoms with Gasteiger partial charge in [0.2, 0.25) is 0 Å². The summed E-state index contributed by atoms with van der Waals surface area (Å²) >= 11 is 6.15. The minimum Gasteiger partial charge on any atom is -0.497 e. The van der Waals surface area contributed by atoms with Crippen LogP contribution in [-0.2, 0) is 11.3 Å². The molecule has 2 amide bonds. The number of nitrogens with zero attached hydrogens (tertiary/aromatic N) is 2. The number of methoxy groups -OCH3 is 2. The van der Waals surface area contributed by atoms with Crippen molar-refractivity contribution in [3.63, 3.8) is 0 Å². The van der Waals surface area contributed by atoms with Gasteiger partial charge in [0, 0.05) is 37.7 Å². The highest BCUT2D eigenvalue weighted by molar-refractivity contribution is 6.30. The monoisotopic (exact) mass is 509 g/mol. The first-order valence-electron chi connectivity index (χ1n) is 12.0. The number of amides is 2. The topological polar surface area (TPSA) is 63.3 Å². The normalized spacial score (nSPS) is 14.8. The summed E-state index contributed by atoms with van der Waals surface area (Å²) in [4.78, 5) is 17.0. The maximum Gasteiger partial charge on any atom is 0.322 e. The van der Waals surface area contributed by atoms with Gasteiger partial charge < -0.3 is 24.4 Å². The third-order valence-corrected chi connectivity index (χ3v) is 6.47. The van der Waals surface area contributed by atoms with Crippen LogP contribution in [-0.4, -0.2) is 62.8 Å². The number of anilines is 1. The zero-order valence-corrected chi connectivity index (χ0v) is 21.4. The molecule has 1 N–H and O–H groups in total. The van der Waals surface area contributed by atoms with Crippen molar-refractivity contribution in [2.45, 2.75) is 12.7 Å². The van der Waals surface area contributed by atoms with Crippen LogP contribution in [0.1, 0.15) is 17.2 Å². The van der Waals surface area contributed by atoms with Gasteiger partial charge in [-0.2, -0.15) is 0 Å². The second-order valence-corrected chi connectivity index (χ2v) is 9.06. The van der Waals surface area contributed by atoms with Crippen molar-refractivity contribution in [2.24, 2.45) is 0 Å². The Balaban J connectivity index is 1.37. The summed E-state index contributed by atoms with van der Waals surface area (Å²) < 4.78 is 17.2. The van der Waals surface area contributed by atoms with Crippen molar-refractivity contribution < 1.29 is 19.0 Å². The van der Waals surface area contributed by atoms with E-state index in [0.717, 1.165) is 30.0 Å². The highest BCUT2D eigenvalue weighted by Crippen LogP contribution is 2.26. The number of halogens is 1. The van der Waals surface area contributed by atoms with Crippen molar-refractivity contribution in [2.75, 3.05) is 52.3 Å². The summed E-state index contributed by atoms with van der Waals surface area (Å²) in [5.41, 5.74) is 2.74. The largest absolute Gasteiger partial charge is 0.497 e. The average molecular weight is 510 g/mol. The number of para-hydroxylation sites is 2. The zero-order chi connectivity index (χ0) is 25.3. The van der Waals surface area contributed by atoms with Crippen LogP contribution < -0.4 is 14.8 Å². The molecule has 8 heteroatoms. The molecule has 1 heterocycles. The fraction of sp³-hybridized carbons (Fsp3) is 0.321. The number of ether oxygens (including phenoxy) is 3. The lowest BCUT2D eigenvalue weighted by atomic mass is 10.1. The first-order valence-corrected chi connectivity index (χ1v) is 12.3. The van der Waals surface area contributed by atoms with Gasteiger partial charge in [0.1, 0.15) is 11.5 Å². The van der Waals surface area contributed by atoms with Crippen LogP contribution in [0.25, 0.3) is 0 Å². The summed E-state index contributed by atoms with van der Waals surface area (Å²) in [5, 5.41) is 3.65. The SMILES string of the molecule is COc1cccc(C(CN2CCN(C(=O)Nc3ccccc3OC)CC2)OCc2cccc(Cl)c2)c1. The summed E-state index contributed by atoms with van der Waals surface area (Å²) in [6, 6.07) is 23.0. The van der Waals surface area contributed by atoms with Gasteiger partial charge in [0.15, 0.2) is 0 Å². The van der Waals surface area contributed by atoms with Gasteiger partial charge in [-0.15, -0.1) is 0 Å². The number of carbonyl (C=O) groups is 1. The molecule has 0 saturated carbocycles. The van der Waals surface area contributed by atoms with E-state index in [4.69, 9.17) is 25.8 Å². The highest BCUT2D eigenvalue weighted by Gasteiger charge is 2.25. The lowest BCUT2D eigenvalue weighted by molar-refractivity contribution is 0.00584. The molecular formula is C28H32ClN3O4. The quantitative estimate of drug-likeness (QED) is 0.414. The van der Waals surface area contributed by atoms with Gasteiger partial charge in [-0.3, -0.25) is 4.90 Å². The number of hydrogen-bond donors (Lipinski definition) is 1. The molecule has 1 aliphatic rings. The molecule has 1 aliphatic heterocycles. The molecule has 190 valence electrons. The number of hydrogen-bond acceptors (Lipinski definition) is 5. The number of urea groups is 1. The van der Waals surface area contributed by atoms with Crippen molar-refractivity contribution in [1.82, 2.24) is 9.80 Å². The van der Waals surface area contributed by atoms with Crippen LogP contribution in [0.3, 0.4) is 0 Å². The van der Waals surface area contributed by atoms with E-state index in [-0.39, 0.29) is 12.1 Å². The summed E-state index contributed by atoms with van der Waals surface area (Å²) in [5.74, 6) is 1.43. The number of piperazine rings is 1. The molecule has 0 spiro atoms. The lowest BCUT2D eigenvalue weighted by Gasteiger charge is -2.36. The third-order valence-electron chi connectivity index (χ3n) is 6.24. The van der Waals surface area contributed by atoms with Gasteiger partial charge in [-0.1, -0.05) is 48.0 Å². The molecule has 0 bridgehead atoms. The van der Waals surface area contributed by atoms with Crippen LogP contribution >= 0.6 is 11.6 Å². The van der Waals surface area contributed by atoms with Gasteiger partial charge in [0.05, 0.1) is 32.6 Å². The molecule has 0 aromatic heterocycles. The van der Waals surface area contributed by atoms with Crippen molar-refractivity contribution >= 4 is 23.3 Å². The Hall–Kier alpha value is -3.26.